The maximum atomic E-state index is 12.2. The van der Waals surface area contributed by atoms with Gasteiger partial charge in [-0.05, 0) is 35.7 Å². The predicted molar refractivity (Wildman–Crippen MR) is 106 cm³/mol. The Balaban J connectivity index is 0.00000338. The minimum Gasteiger partial charge on any atom is -0.468 e. The van der Waals surface area contributed by atoms with E-state index in [0.29, 0.717) is 5.56 Å². The highest BCUT2D eigenvalue weighted by molar-refractivity contribution is 14.0. The molecular formula is C17H20F3IN4O. The van der Waals surface area contributed by atoms with Crippen molar-refractivity contribution in [1.29, 1.82) is 0 Å². The molecule has 0 aliphatic rings. The Morgan fingerprint density at radius 3 is 2.69 bits per heavy atom. The molecule has 1 aromatic heterocycles. The summed E-state index contributed by atoms with van der Waals surface area (Å²) in [5.74, 6) is 0.107. The number of alkyl halides is 3. The molecule has 0 radical (unpaired) electrons. The first-order chi connectivity index (χ1) is 11.9. The zero-order chi connectivity index (χ0) is 18.3. The minimum absolute atomic E-state index is 0. The lowest BCUT2D eigenvalue weighted by molar-refractivity contribution is -0.154. The van der Waals surface area contributed by atoms with Gasteiger partial charge in [0.15, 0.2) is 12.6 Å². The number of hydrogen-bond donors (Lipinski definition) is 2. The molecule has 5 nitrogen and oxygen atoms in total. The van der Waals surface area contributed by atoms with Crippen LogP contribution in [0.15, 0.2) is 47.6 Å². The molecule has 0 unspecified atom stereocenters. The number of nitrogens with zero attached hydrogens (tertiary/aromatic N) is 2. The van der Waals surface area contributed by atoms with Gasteiger partial charge in [-0.1, -0.05) is 19.1 Å². The van der Waals surface area contributed by atoms with Crippen LogP contribution in [0.5, 0.6) is 5.88 Å². The summed E-state index contributed by atoms with van der Waals surface area (Å²) < 4.78 is 41.1. The van der Waals surface area contributed by atoms with Crippen molar-refractivity contribution in [3.8, 4) is 5.88 Å². The second-order valence-electron chi connectivity index (χ2n) is 5.29. The maximum absolute atomic E-state index is 12.2. The van der Waals surface area contributed by atoms with E-state index in [1.807, 2.05) is 24.3 Å². The number of rotatable bonds is 6. The SMILES string of the molecule is CCc1cccc(NC(N)=NCc2ccnc(OCC(F)(F)F)c2)c1.I. The monoisotopic (exact) mass is 480 g/mol. The van der Waals surface area contributed by atoms with Gasteiger partial charge in [0.1, 0.15) is 0 Å². The van der Waals surface area contributed by atoms with E-state index < -0.39 is 12.8 Å². The molecule has 2 aromatic rings. The van der Waals surface area contributed by atoms with Crippen molar-refractivity contribution in [2.24, 2.45) is 10.7 Å². The van der Waals surface area contributed by atoms with E-state index in [0.717, 1.165) is 12.1 Å². The summed E-state index contributed by atoms with van der Waals surface area (Å²) >= 11 is 0. The molecule has 0 bridgehead atoms. The van der Waals surface area contributed by atoms with Crippen molar-refractivity contribution in [3.05, 3.63) is 53.7 Å². The van der Waals surface area contributed by atoms with Crippen LogP contribution in [-0.4, -0.2) is 23.7 Å². The minimum atomic E-state index is -4.41. The van der Waals surface area contributed by atoms with E-state index in [1.165, 1.54) is 17.8 Å². The first kappa shape index (κ1) is 22.0. The van der Waals surface area contributed by atoms with Crippen LogP contribution in [0.3, 0.4) is 0 Å². The zero-order valence-corrected chi connectivity index (χ0v) is 16.4. The molecule has 1 heterocycles. The third kappa shape index (κ3) is 7.89. The molecule has 0 aliphatic carbocycles. The quantitative estimate of drug-likeness (QED) is 0.371. The summed E-state index contributed by atoms with van der Waals surface area (Å²) in [7, 11) is 0. The number of aliphatic imine (C=N–C) groups is 1. The van der Waals surface area contributed by atoms with Crippen LogP contribution >= 0.6 is 24.0 Å². The molecule has 9 heteroatoms. The summed E-state index contributed by atoms with van der Waals surface area (Å²) in [5.41, 5.74) is 8.47. The fourth-order valence-electron chi connectivity index (χ4n) is 2.02. The van der Waals surface area contributed by atoms with Crippen molar-refractivity contribution in [2.75, 3.05) is 11.9 Å². The molecule has 142 valence electrons. The van der Waals surface area contributed by atoms with Gasteiger partial charge in [0.2, 0.25) is 5.88 Å². The molecule has 0 aliphatic heterocycles. The van der Waals surface area contributed by atoms with Gasteiger partial charge in [0, 0.05) is 18.0 Å². The molecule has 0 fully saturated rings. The second-order valence-corrected chi connectivity index (χ2v) is 5.29. The van der Waals surface area contributed by atoms with Gasteiger partial charge < -0.3 is 15.8 Å². The fourth-order valence-corrected chi connectivity index (χ4v) is 2.02. The Bertz CT molecular complexity index is 738. The molecule has 3 N–H and O–H groups in total. The summed E-state index contributed by atoms with van der Waals surface area (Å²) in [6.45, 7) is 0.861. The van der Waals surface area contributed by atoms with E-state index in [9.17, 15) is 13.2 Å². The van der Waals surface area contributed by atoms with Gasteiger partial charge in [-0.2, -0.15) is 13.2 Å². The fraction of sp³-hybridized carbons (Fsp3) is 0.294. The lowest BCUT2D eigenvalue weighted by Gasteiger charge is -2.09. The number of nitrogens with one attached hydrogen (secondary N) is 1. The number of halogens is 4. The summed E-state index contributed by atoms with van der Waals surface area (Å²) in [5, 5.41) is 2.98. The highest BCUT2D eigenvalue weighted by atomic mass is 127. The Labute approximate surface area is 166 Å². The topological polar surface area (TPSA) is 72.5 Å². The summed E-state index contributed by atoms with van der Waals surface area (Å²) in [4.78, 5) is 7.91. The lowest BCUT2D eigenvalue weighted by atomic mass is 10.1. The van der Waals surface area contributed by atoms with Crippen LogP contribution in [0.1, 0.15) is 18.1 Å². The maximum Gasteiger partial charge on any atom is 0.422 e. The van der Waals surface area contributed by atoms with Gasteiger partial charge in [-0.25, -0.2) is 9.98 Å². The second kappa shape index (κ2) is 10.2. The third-order valence-electron chi connectivity index (χ3n) is 3.22. The highest BCUT2D eigenvalue weighted by Gasteiger charge is 2.28. The first-order valence-electron chi connectivity index (χ1n) is 7.66. The summed E-state index contributed by atoms with van der Waals surface area (Å²) in [6.07, 6.45) is -2.13. The predicted octanol–water partition coefficient (Wildman–Crippen LogP) is 4.13. The van der Waals surface area contributed by atoms with Crippen molar-refractivity contribution < 1.29 is 17.9 Å². The molecule has 0 atom stereocenters. The third-order valence-corrected chi connectivity index (χ3v) is 3.22. The average Bonchev–Trinajstić information content (AvgIpc) is 2.58. The molecule has 1 aromatic carbocycles. The number of anilines is 1. The van der Waals surface area contributed by atoms with Crippen molar-refractivity contribution >= 4 is 35.6 Å². The Kier molecular flexibility index (Phi) is 8.62. The standard InChI is InChI=1S/C17H19F3N4O.HI/c1-2-12-4-3-5-14(8-12)24-16(21)23-10-13-6-7-22-15(9-13)25-11-17(18,19)20;/h3-9H,2,10-11H2,1H3,(H3,21,23,24);1H. The number of pyridine rings is 1. The highest BCUT2D eigenvalue weighted by Crippen LogP contribution is 2.18. The largest absolute Gasteiger partial charge is 0.468 e. The van der Waals surface area contributed by atoms with Crippen LogP contribution in [0.4, 0.5) is 18.9 Å². The van der Waals surface area contributed by atoms with Crippen LogP contribution in [0.25, 0.3) is 0 Å². The molecule has 0 spiro atoms. The lowest BCUT2D eigenvalue weighted by Crippen LogP contribution is -2.22. The molecule has 2 rings (SSSR count). The van der Waals surface area contributed by atoms with Crippen molar-refractivity contribution in [1.82, 2.24) is 4.98 Å². The van der Waals surface area contributed by atoms with E-state index in [-0.39, 0.29) is 42.4 Å². The molecular weight excluding hydrogens is 460 g/mol. The number of aromatic nitrogens is 1. The van der Waals surface area contributed by atoms with Crippen LogP contribution in [-0.2, 0) is 13.0 Å². The Morgan fingerprint density at radius 2 is 2.00 bits per heavy atom. The Hall–Kier alpha value is -2.04. The van der Waals surface area contributed by atoms with Gasteiger partial charge in [0.25, 0.3) is 0 Å². The van der Waals surface area contributed by atoms with E-state index in [4.69, 9.17) is 5.73 Å². The number of benzene rings is 1. The smallest absolute Gasteiger partial charge is 0.422 e. The molecule has 0 saturated heterocycles. The number of guanidine groups is 1. The number of hydrogen-bond acceptors (Lipinski definition) is 3. The van der Waals surface area contributed by atoms with E-state index in [1.54, 1.807) is 6.07 Å². The number of aryl methyl sites for hydroxylation is 1. The van der Waals surface area contributed by atoms with Gasteiger partial charge in [-0.3, -0.25) is 0 Å². The first-order valence-corrected chi connectivity index (χ1v) is 7.66. The zero-order valence-electron chi connectivity index (χ0n) is 14.1. The average molecular weight is 480 g/mol. The van der Waals surface area contributed by atoms with Gasteiger partial charge >= 0.3 is 6.18 Å². The van der Waals surface area contributed by atoms with Crippen molar-refractivity contribution in [3.63, 3.8) is 0 Å². The number of nitrogens with two attached hydrogens (primary N) is 1. The van der Waals surface area contributed by atoms with Crippen LogP contribution < -0.4 is 15.8 Å². The van der Waals surface area contributed by atoms with Crippen LogP contribution in [0, 0.1) is 0 Å². The van der Waals surface area contributed by atoms with E-state index >= 15 is 0 Å². The number of ether oxygens (including phenoxy) is 1. The molecule has 26 heavy (non-hydrogen) atoms. The van der Waals surface area contributed by atoms with Crippen LogP contribution in [0.2, 0.25) is 0 Å². The summed E-state index contributed by atoms with van der Waals surface area (Å²) in [6, 6.07) is 10.8. The Morgan fingerprint density at radius 1 is 1.23 bits per heavy atom. The van der Waals surface area contributed by atoms with Crippen molar-refractivity contribution in [2.45, 2.75) is 26.1 Å². The van der Waals surface area contributed by atoms with Gasteiger partial charge in [-0.15, -0.1) is 24.0 Å². The molecule has 0 saturated carbocycles. The molecule has 0 amide bonds. The normalized spacial score (nSPS) is 11.6. The van der Waals surface area contributed by atoms with E-state index in [2.05, 4.69) is 27.0 Å². The van der Waals surface area contributed by atoms with Gasteiger partial charge in [0.05, 0.1) is 6.54 Å².